The first kappa shape index (κ1) is 29.1. The van der Waals surface area contributed by atoms with E-state index in [9.17, 15) is 19.2 Å². The number of rotatable bonds is 9. The van der Waals surface area contributed by atoms with Gasteiger partial charge < -0.3 is 14.2 Å². The molecule has 1 aliphatic rings. The third-order valence-electron chi connectivity index (χ3n) is 5.71. The Hall–Kier alpha value is -3.90. The summed E-state index contributed by atoms with van der Waals surface area (Å²) in [5.74, 6) is -1.27. The summed E-state index contributed by atoms with van der Waals surface area (Å²) < 4.78 is 17.5. The van der Waals surface area contributed by atoms with Gasteiger partial charge in [0.1, 0.15) is 12.2 Å². The van der Waals surface area contributed by atoms with Crippen molar-refractivity contribution in [1.82, 2.24) is 5.32 Å². The van der Waals surface area contributed by atoms with Gasteiger partial charge in [0.15, 0.2) is 11.5 Å². The summed E-state index contributed by atoms with van der Waals surface area (Å²) >= 11 is 8.34. The second kappa shape index (κ2) is 13.0. The van der Waals surface area contributed by atoms with Gasteiger partial charge in [-0.2, -0.15) is 0 Å². The van der Waals surface area contributed by atoms with E-state index in [0.29, 0.717) is 32.3 Å². The number of urea groups is 1. The van der Waals surface area contributed by atoms with Gasteiger partial charge in [-0.1, -0.05) is 29.8 Å². The van der Waals surface area contributed by atoms with Gasteiger partial charge in [0.2, 0.25) is 0 Å². The molecule has 3 aromatic rings. The summed E-state index contributed by atoms with van der Waals surface area (Å²) in [7, 11) is 0. The van der Waals surface area contributed by atoms with Crippen LogP contribution in [-0.4, -0.2) is 37.0 Å². The maximum Gasteiger partial charge on any atom is 0.338 e. The highest BCUT2D eigenvalue weighted by Gasteiger charge is 2.37. The van der Waals surface area contributed by atoms with Gasteiger partial charge in [-0.05, 0) is 90.5 Å². The molecule has 1 fully saturated rings. The van der Waals surface area contributed by atoms with E-state index < -0.39 is 23.8 Å². The Bertz CT molecular complexity index is 1500. The molecule has 4 amide bonds. The number of imide groups is 2. The first-order chi connectivity index (χ1) is 19.2. The Morgan fingerprint density at radius 1 is 1.00 bits per heavy atom. The molecule has 206 valence electrons. The van der Waals surface area contributed by atoms with Crippen molar-refractivity contribution in [3.8, 4) is 11.5 Å². The molecule has 0 spiro atoms. The lowest BCUT2D eigenvalue weighted by molar-refractivity contribution is -0.122. The fourth-order valence-corrected chi connectivity index (χ4v) is 4.83. The van der Waals surface area contributed by atoms with Gasteiger partial charge in [-0.25, -0.2) is 14.5 Å². The summed E-state index contributed by atoms with van der Waals surface area (Å²) in [6.07, 6.45) is 1.38. The molecule has 1 saturated heterocycles. The largest absolute Gasteiger partial charge is 0.490 e. The average Bonchev–Trinajstić information content (AvgIpc) is 2.92. The molecule has 0 radical (unpaired) electrons. The van der Waals surface area contributed by atoms with Crippen molar-refractivity contribution in [2.24, 2.45) is 0 Å². The lowest BCUT2D eigenvalue weighted by Crippen LogP contribution is -2.54. The van der Waals surface area contributed by atoms with Gasteiger partial charge >= 0.3 is 12.0 Å². The highest BCUT2D eigenvalue weighted by Crippen LogP contribution is 2.36. The van der Waals surface area contributed by atoms with E-state index in [1.54, 1.807) is 25.1 Å². The Morgan fingerprint density at radius 2 is 1.73 bits per heavy atom. The Balaban J connectivity index is 1.63. The molecule has 0 saturated carbocycles. The summed E-state index contributed by atoms with van der Waals surface area (Å²) in [5, 5.41) is 2.77. The first-order valence-corrected chi connectivity index (χ1v) is 13.7. The van der Waals surface area contributed by atoms with Crippen LogP contribution in [0.5, 0.6) is 11.5 Å². The second-order valence-electron chi connectivity index (χ2n) is 8.37. The molecule has 0 aromatic heterocycles. The minimum Gasteiger partial charge on any atom is -0.490 e. The normalized spacial score (nSPS) is 14.2. The molecule has 0 atom stereocenters. The third kappa shape index (κ3) is 6.45. The molecule has 0 aliphatic carbocycles. The number of barbiturate groups is 1. The number of carbonyl (C=O) groups excluding carboxylic acids is 4. The van der Waals surface area contributed by atoms with Gasteiger partial charge in [0.05, 0.1) is 28.0 Å². The van der Waals surface area contributed by atoms with Crippen LogP contribution in [0.4, 0.5) is 10.5 Å². The average molecular weight is 675 g/mol. The van der Waals surface area contributed by atoms with E-state index in [1.807, 2.05) is 25.1 Å². The Kier molecular flexibility index (Phi) is 9.43. The van der Waals surface area contributed by atoms with Crippen LogP contribution in [0.15, 0.2) is 66.2 Å². The van der Waals surface area contributed by atoms with E-state index in [2.05, 4.69) is 27.9 Å². The number of ether oxygens (including phenoxy) is 3. The fraction of sp³-hybridized carbons (Fsp3) is 0.172. The number of halogens is 2. The van der Waals surface area contributed by atoms with E-state index in [0.717, 1.165) is 10.5 Å². The molecule has 0 unspecified atom stereocenters. The number of esters is 1. The van der Waals surface area contributed by atoms with E-state index in [1.165, 1.54) is 30.3 Å². The number of carbonyl (C=O) groups is 4. The van der Waals surface area contributed by atoms with Gasteiger partial charge in [-0.15, -0.1) is 0 Å². The van der Waals surface area contributed by atoms with Crippen molar-refractivity contribution in [1.29, 1.82) is 0 Å². The lowest BCUT2D eigenvalue weighted by atomic mass is 10.1. The van der Waals surface area contributed by atoms with Crippen LogP contribution in [-0.2, 0) is 20.9 Å². The molecule has 1 heterocycles. The minimum atomic E-state index is -0.899. The highest BCUT2D eigenvalue weighted by molar-refractivity contribution is 14.1. The summed E-state index contributed by atoms with van der Waals surface area (Å²) in [4.78, 5) is 51.4. The van der Waals surface area contributed by atoms with Crippen molar-refractivity contribution in [2.75, 3.05) is 18.1 Å². The summed E-state index contributed by atoms with van der Waals surface area (Å²) in [5.41, 5.74) is 1.48. The van der Waals surface area contributed by atoms with Crippen molar-refractivity contribution < 1.29 is 33.4 Å². The topological polar surface area (TPSA) is 111 Å². The van der Waals surface area contributed by atoms with E-state index in [4.69, 9.17) is 25.8 Å². The van der Waals surface area contributed by atoms with Crippen molar-refractivity contribution in [3.05, 3.63) is 91.5 Å². The van der Waals surface area contributed by atoms with Crippen LogP contribution >= 0.6 is 34.2 Å². The zero-order chi connectivity index (χ0) is 28.8. The van der Waals surface area contributed by atoms with Gasteiger partial charge in [0, 0.05) is 10.6 Å². The number of nitrogens with zero attached hydrogens (tertiary/aromatic N) is 1. The Labute approximate surface area is 249 Å². The number of hydrogen-bond donors (Lipinski definition) is 1. The number of hydrogen-bond acceptors (Lipinski definition) is 7. The zero-order valence-electron chi connectivity index (χ0n) is 21.5. The molecule has 9 nitrogen and oxygen atoms in total. The SMILES string of the molecule is CCOC(=O)c1ccc(N2C(=O)NC(=O)/C(=C\c3cc(I)c(OCc4ccccc4Cl)c(OCC)c3)C2=O)cc1. The molecule has 3 aromatic carbocycles. The summed E-state index contributed by atoms with van der Waals surface area (Å²) in [6, 6.07) is 15.5. The van der Waals surface area contributed by atoms with Crippen LogP contribution in [0.3, 0.4) is 0 Å². The Morgan fingerprint density at radius 3 is 2.40 bits per heavy atom. The van der Waals surface area contributed by atoms with Crippen LogP contribution < -0.4 is 19.7 Å². The predicted octanol–water partition coefficient (Wildman–Crippen LogP) is 5.77. The maximum absolute atomic E-state index is 13.3. The van der Waals surface area contributed by atoms with Crippen LogP contribution in [0.1, 0.15) is 35.3 Å². The van der Waals surface area contributed by atoms with Crippen LogP contribution in [0.2, 0.25) is 5.02 Å². The monoisotopic (exact) mass is 674 g/mol. The molecule has 11 heteroatoms. The minimum absolute atomic E-state index is 0.182. The molecule has 1 aliphatic heterocycles. The third-order valence-corrected chi connectivity index (χ3v) is 6.88. The number of nitrogens with one attached hydrogen (secondary N) is 1. The molecular formula is C29H24ClIN2O7. The predicted molar refractivity (Wildman–Crippen MR) is 158 cm³/mol. The van der Waals surface area contributed by atoms with Crippen LogP contribution in [0.25, 0.3) is 6.08 Å². The first-order valence-electron chi connectivity index (χ1n) is 12.2. The van der Waals surface area contributed by atoms with Gasteiger partial charge in [0.25, 0.3) is 11.8 Å². The quantitative estimate of drug-likeness (QED) is 0.133. The van der Waals surface area contributed by atoms with Gasteiger partial charge in [-0.3, -0.25) is 14.9 Å². The van der Waals surface area contributed by atoms with Crippen molar-refractivity contribution in [3.63, 3.8) is 0 Å². The smallest absolute Gasteiger partial charge is 0.338 e. The molecule has 40 heavy (non-hydrogen) atoms. The maximum atomic E-state index is 13.3. The molecule has 0 bridgehead atoms. The summed E-state index contributed by atoms with van der Waals surface area (Å²) in [6.45, 7) is 4.28. The van der Waals surface area contributed by atoms with E-state index in [-0.39, 0.29) is 30.0 Å². The standard InChI is InChI=1S/C29H24ClIN2O7/c1-3-38-24-15-17(14-23(31)25(24)40-16-19-7-5-6-8-22(19)30)13-21-26(34)32-29(37)33(27(21)35)20-11-9-18(10-12-20)28(36)39-4-2/h5-15H,3-4,16H2,1-2H3,(H,32,34,37)/b21-13+. The van der Waals surface area contributed by atoms with Crippen molar-refractivity contribution >= 4 is 69.8 Å². The second-order valence-corrected chi connectivity index (χ2v) is 9.94. The van der Waals surface area contributed by atoms with Crippen LogP contribution in [0, 0.1) is 3.57 Å². The zero-order valence-corrected chi connectivity index (χ0v) is 24.4. The molecule has 1 N–H and O–H groups in total. The highest BCUT2D eigenvalue weighted by atomic mass is 127. The fourth-order valence-electron chi connectivity index (χ4n) is 3.86. The molecular weight excluding hydrogens is 651 g/mol. The molecule has 4 rings (SSSR count). The van der Waals surface area contributed by atoms with Crippen molar-refractivity contribution in [2.45, 2.75) is 20.5 Å². The lowest BCUT2D eigenvalue weighted by Gasteiger charge is -2.26. The number of anilines is 1. The number of amides is 4. The number of benzene rings is 3. The van der Waals surface area contributed by atoms with E-state index >= 15 is 0 Å².